The molecule has 1 fully saturated rings. The first-order valence-electron chi connectivity index (χ1n) is 6.13. The first-order chi connectivity index (χ1) is 8.26. The Morgan fingerprint density at radius 1 is 1.17 bits per heavy atom. The molecule has 2 atom stereocenters. The van der Waals surface area contributed by atoms with Crippen molar-refractivity contribution in [2.24, 2.45) is 0 Å². The monoisotopic (exact) mass is 248 g/mol. The summed E-state index contributed by atoms with van der Waals surface area (Å²) in [5, 5.41) is 0. The topological polar surface area (TPSA) is 38.8 Å². The molecule has 0 aromatic heterocycles. The molecule has 1 saturated heterocycles. The van der Waals surface area contributed by atoms with Gasteiger partial charge in [-0.3, -0.25) is 0 Å². The lowest BCUT2D eigenvalue weighted by Gasteiger charge is -2.17. The van der Waals surface area contributed by atoms with Gasteiger partial charge in [0.1, 0.15) is 5.60 Å². The van der Waals surface area contributed by atoms with Crippen LogP contribution in [0.5, 0.6) is 0 Å². The Balaban J connectivity index is 2.50. The zero-order valence-corrected chi connectivity index (χ0v) is 11.9. The third-order valence-electron chi connectivity index (χ3n) is 4.01. The molecule has 1 aliphatic heterocycles. The number of esters is 1. The van der Waals surface area contributed by atoms with Gasteiger partial charge in [-0.1, -0.05) is 17.7 Å². The Hall–Kier alpha value is -1.35. The summed E-state index contributed by atoms with van der Waals surface area (Å²) in [5.74, 6) is -0.315. The van der Waals surface area contributed by atoms with E-state index < -0.39 is 11.2 Å². The van der Waals surface area contributed by atoms with Crippen LogP contribution in [0, 0.1) is 20.8 Å². The van der Waals surface area contributed by atoms with E-state index in [2.05, 4.69) is 32.9 Å². The molecule has 2 rings (SSSR count). The maximum Gasteiger partial charge on any atom is 0.341 e. The van der Waals surface area contributed by atoms with Crippen molar-refractivity contribution in [1.82, 2.24) is 0 Å². The highest BCUT2D eigenvalue weighted by Gasteiger charge is 2.71. The highest BCUT2D eigenvalue weighted by Crippen LogP contribution is 2.57. The van der Waals surface area contributed by atoms with Crippen LogP contribution >= 0.6 is 0 Å². The van der Waals surface area contributed by atoms with Gasteiger partial charge in [-0.25, -0.2) is 4.79 Å². The van der Waals surface area contributed by atoms with Gasteiger partial charge < -0.3 is 9.47 Å². The molecule has 1 aromatic carbocycles. The highest BCUT2D eigenvalue weighted by molar-refractivity contribution is 5.85. The maximum atomic E-state index is 11.8. The standard InChI is InChI=1S/C15H20O3/c1-9-7-10(2)12(11(3)8-9)14(4)15(5,18-14)13(16)17-6/h7-8H,1-6H3. The minimum atomic E-state index is -0.869. The number of aryl methyl sites for hydroxylation is 3. The van der Waals surface area contributed by atoms with Crippen LogP contribution in [0.1, 0.15) is 36.1 Å². The van der Waals surface area contributed by atoms with Crippen molar-refractivity contribution in [2.45, 2.75) is 45.8 Å². The minimum absolute atomic E-state index is 0.315. The summed E-state index contributed by atoms with van der Waals surface area (Å²) in [5.41, 5.74) is 3.18. The van der Waals surface area contributed by atoms with Gasteiger partial charge in [0.15, 0.2) is 5.60 Å². The summed E-state index contributed by atoms with van der Waals surface area (Å²) >= 11 is 0. The smallest absolute Gasteiger partial charge is 0.341 e. The van der Waals surface area contributed by atoms with E-state index in [0.29, 0.717) is 0 Å². The van der Waals surface area contributed by atoms with Crippen LogP contribution < -0.4 is 0 Å². The molecule has 0 saturated carbocycles. The summed E-state index contributed by atoms with van der Waals surface area (Å²) in [7, 11) is 1.39. The zero-order chi connectivity index (χ0) is 13.7. The molecule has 1 heterocycles. The molecule has 0 amide bonds. The Bertz CT molecular complexity index is 497. The molecule has 0 bridgehead atoms. The van der Waals surface area contributed by atoms with E-state index in [1.54, 1.807) is 6.92 Å². The van der Waals surface area contributed by atoms with Crippen molar-refractivity contribution in [3.63, 3.8) is 0 Å². The Morgan fingerprint density at radius 2 is 1.67 bits per heavy atom. The molecule has 1 aliphatic rings. The highest BCUT2D eigenvalue weighted by atomic mass is 16.7. The van der Waals surface area contributed by atoms with Gasteiger partial charge in [0.25, 0.3) is 0 Å². The average molecular weight is 248 g/mol. The van der Waals surface area contributed by atoms with E-state index in [4.69, 9.17) is 9.47 Å². The fourth-order valence-electron chi connectivity index (χ4n) is 3.04. The Kier molecular flexibility index (Phi) is 2.78. The number of ether oxygens (including phenoxy) is 2. The normalized spacial score (nSPS) is 30.1. The second-order valence-electron chi connectivity index (χ2n) is 5.43. The van der Waals surface area contributed by atoms with Crippen LogP contribution in [-0.2, 0) is 19.9 Å². The fourth-order valence-corrected chi connectivity index (χ4v) is 3.04. The molecule has 98 valence electrons. The minimum Gasteiger partial charge on any atom is -0.467 e. The van der Waals surface area contributed by atoms with Crippen LogP contribution in [0.15, 0.2) is 12.1 Å². The van der Waals surface area contributed by atoms with Gasteiger partial charge in [0, 0.05) is 0 Å². The largest absolute Gasteiger partial charge is 0.467 e. The molecule has 3 heteroatoms. The molecule has 2 unspecified atom stereocenters. The van der Waals surface area contributed by atoms with Crippen molar-refractivity contribution >= 4 is 5.97 Å². The number of carbonyl (C=O) groups excluding carboxylic acids is 1. The predicted molar refractivity (Wildman–Crippen MR) is 69.5 cm³/mol. The SMILES string of the molecule is COC(=O)C1(C)OC1(C)c1c(C)cc(C)cc1C. The van der Waals surface area contributed by atoms with E-state index in [9.17, 15) is 4.79 Å². The van der Waals surface area contributed by atoms with Crippen LogP contribution in [0.2, 0.25) is 0 Å². The molecule has 0 N–H and O–H groups in total. The number of benzene rings is 1. The summed E-state index contributed by atoms with van der Waals surface area (Å²) in [6.07, 6.45) is 0. The quantitative estimate of drug-likeness (QED) is 0.596. The maximum absolute atomic E-state index is 11.8. The first-order valence-corrected chi connectivity index (χ1v) is 6.13. The van der Waals surface area contributed by atoms with Gasteiger partial charge >= 0.3 is 5.97 Å². The van der Waals surface area contributed by atoms with Crippen LogP contribution in [0.4, 0.5) is 0 Å². The molecule has 1 aromatic rings. The number of carbonyl (C=O) groups is 1. The third-order valence-corrected chi connectivity index (χ3v) is 4.01. The zero-order valence-electron chi connectivity index (χ0n) is 11.9. The number of epoxide rings is 1. The number of hydrogen-bond donors (Lipinski definition) is 0. The number of hydrogen-bond acceptors (Lipinski definition) is 3. The van der Waals surface area contributed by atoms with Crippen molar-refractivity contribution < 1.29 is 14.3 Å². The lowest BCUT2D eigenvalue weighted by molar-refractivity contribution is -0.146. The molecular weight excluding hydrogens is 228 g/mol. The lowest BCUT2D eigenvalue weighted by atomic mass is 9.83. The van der Waals surface area contributed by atoms with Crippen LogP contribution in [0.3, 0.4) is 0 Å². The average Bonchev–Trinajstić information content (AvgIpc) is 2.80. The number of rotatable bonds is 2. The first kappa shape index (κ1) is 13.1. The van der Waals surface area contributed by atoms with E-state index in [1.807, 2.05) is 6.92 Å². The van der Waals surface area contributed by atoms with E-state index in [0.717, 1.165) is 16.7 Å². The van der Waals surface area contributed by atoms with Gasteiger partial charge in [-0.15, -0.1) is 0 Å². The Morgan fingerprint density at radius 3 is 2.11 bits per heavy atom. The third kappa shape index (κ3) is 1.57. The fraction of sp³-hybridized carbons (Fsp3) is 0.533. The van der Waals surface area contributed by atoms with Crippen LogP contribution in [0.25, 0.3) is 0 Å². The van der Waals surface area contributed by atoms with E-state index >= 15 is 0 Å². The summed E-state index contributed by atoms with van der Waals surface area (Å²) < 4.78 is 10.6. The predicted octanol–water partition coefficient (Wildman–Crippen LogP) is 2.79. The molecule has 0 aliphatic carbocycles. The van der Waals surface area contributed by atoms with Gasteiger partial charge in [-0.05, 0) is 51.3 Å². The summed E-state index contributed by atoms with van der Waals surface area (Å²) in [6, 6.07) is 4.24. The molecule has 3 nitrogen and oxygen atoms in total. The molecule has 18 heavy (non-hydrogen) atoms. The van der Waals surface area contributed by atoms with Gasteiger partial charge in [0.2, 0.25) is 0 Å². The second kappa shape index (κ2) is 3.82. The van der Waals surface area contributed by atoms with Gasteiger partial charge in [0.05, 0.1) is 7.11 Å². The molecular formula is C15H20O3. The van der Waals surface area contributed by atoms with Crippen molar-refractivity contribution in [2.75, 3.05) is 7.11 Å². The summed E-state index contributed by atoms with van der Waals surface area (Å²) in [4.78, 5) is 11.8. The van der Waals surface area contributed by atoms with Crippen LogP contribution in [-0.4, -0.2) is 18.7 Å². The van der Waals surface area contributed by atoms with E-state index in [-0.39, 0.29) is 5.97 Å². The molecule has 0 spiro atoms. The lowest BCUT2D eigenvalue weighted by Crippen LogP contribution is -2.30. The van der Waals surface area contributed by atoms with Crippen molar-refractivity contribution in [3.8, 4) is 0 Å². The second-order valence-corrected chi connectivity index (χ2v) is 5.43. The van der Waals surface area contributed by atoms with Gasteiger partial charge in [-0.2, -0.15) is 0 Å². The summed E-state index contributed by atoms with van der Waals surface area (Å²) in [6.45, 7) is 9.92. The Labute approximate surface area is 108 Å². The van der Waals surface area contributed by atoms with Crippen molar-refractivity contribution in [3.05, 3.63) is 34.4 Å². The number of methoxy groups -OCH3 is 1. The van der Waals surface area contributed by atoms with Crippen molar-refractivity contribution in [1.29, 1.82) is 0 Å². The molecule has 0 radical (unpaired) electrons. The van der Waals surface area contributed by atoms with E-state index in [1.165, 1.54) is 12.7 Å².